The molecule has 0 saturated heterocycles. The van der Waals surface area contributed by atoms with Crippen molar-refractivity contribution in [1.29, 1.82) is 0 Å². The minimum atomic E-state index is -2.49. The monoisotopic (exact) mass is 656 g/mol. The standard InChI is InChI=1S/C30H28F8N6O2/c1-5-7-9-43-13-11-41(3)29(43)27(45)39-25-21(35)17(31)15(18(32)22(25)36)16-19(33)23(37)26(24(38)20(16)34)40-28(46)30-42(4)12-14-44(30)10-8-6-2/h11-14H,5-10H2,1-4H3. The Bertz CT molecular complexity index is 1670. The molecule has 46 heavy (non-hydrogen) atoms. The van der Waals surface area contributed by atoms with Gasteiger partial charge in [-0.15, -0.1) is 0 Å². The summed E-state index contributed by atoms with van der Waals surface area (Å²) in [6.45, 7) is 4.33. The number of hydrogen-bond acceptors (Lipinski definition) is 4. The van der Waals surface area contributed by atoms with Gasteiger partial charge in [0.25, 0.3) is 11.6 Å². The second kappa shape index (κ2) is 13.7. The summed E-state index contributed by atoms with van der Waals surface area (Å²) >= 11 is 0. The van der Waals surface area contributed by atoms with Crippen molar-refractivity contribution < 1.29 is 54.5 Å². The summed E-state index contributed by atoms with van der Waals surface area (Å²) in [6.07, 6.45) is 8.44. The number of aromatic nitrogens is 4. The Hall–Kier alpha value is -4.76. The largest absolute Gasteiger partial charge is 0.853 e. The highest BCUT2D eigenvalue weighted by molar-refractivity contribution is 5.89. The summed E-state index contributed by atoms with van der Waals surface area (Å²) < 4.78 is 126. The molecule has 0 aliphatic carbocycles. The molecule has 0 spiro atoms. The van der Waals surface area contributed by atoms with Gasteiger partial charge in [0.05, 0.1) is 50.1 Å². The zero-order chi connectivity index (χ0) is 34.0. The number of nitrogens with zero attached hydrogens (tertiary/aromatic N) is 6. The topological polar surface area (TPSA) is 88.5 Å². The lowest BCUT2D eigenvalue weighted by atomic mass is 10.00. The van der Waals surface area contributed by atoms with Crippen LogP contribution in [0.3, 0.4) is 0 Å². The van der Waals surface area contributed by atoms with Gasteiger partial charge in [-0.1, -0.05) is 26.7 Å². The molecule has 0 unspecified atom stereocenters. The van der Waals surface area contributed by atoms with E-state index in [0.717, 1.165) is 12.8 Å². The molecule has 0 amide bonds. The maximum Gasteiger partial charge on any atom is 0.292 e. The van der Waals surface area contributed by atoms with E-state index in [1.807, 2.05) is 13.8 Å². The molecule has 0 saturated carbocycles. The lowest BCUT2D eigenvalue weighted by Gasteiger charge is -2.15. The Morgan fingerprint density at radius 2 is 0.891 bits per heavy atom. The third-order valence-electron chi connectivity index (χ3n) is 7.20. The molecule has 8 nitrogen and oxygen atoms in total. The molecule has 0 aliphatic heterocycles. The first-order valence-electron chi connectivity index (χ1n) is 14.1. The molecule has 0 bridgehead atoms. The quantitative estimate of drug-likeness (QED) is 0.0797. The van der Waals surface area contributed by atoms with E-state index in [1.54, 1.807) is 0 Å². The van der Waals surface area contributed by atoms with Crippen LogP contribution < -0.4 is 19.3 Å². The molecular formula is C30H28F8N6O2. The Morgan fingerprint density at radius 1 is 0.587 bits per heavy atom. The van der Waals surface area contributed by atoms with E-state index in [9.17, 15) is 10.2 Å². The normalized spacial score (nSPS) is 12.4. The Balaban J connectivity index is 1.85. The van der Waals surface area contributed by atoms with E-state index >= 15 is 35.1 Å². The van der Waals surface area contributed by atoms with Crippen LogP contribution in [0, 0.1) is 46.5 Å². The van der Waals surface area contributed by atoms with E-state index in [4.69, 9.17) is 0 Å². The highest BCUT2D eigenvalue weighted by atomic mass is 19.2. The molecule has 0 aliphatic rings. The molecule has 0 fully saturated rings. The SMILES string of the molecule is CCCCn1cc[n+](C)c1/C([O-])=N/c1c(F)c(F)c(-c2c(F)c(F)c(/N=C(\[O-])c3n(CCCC)cc[n+]3C)c(F)c2F)c(F)c1F. The average Bonchev–Trinajstić information content (AvgIpc) is 3.59. The van der Waals surface area contributed by atoms with Crippen LogP contribution in [0.4, 0.5) is 46.5 Å². The Labute approximate surface area is 257 Å². The number of imidazole rings is 2. The fourth-order valence-electron chi connectivity index (χ4n) is 4.79. The molecule has 0 N–H and O–H groups in total. The number of benzene rings is 2. The minimum absolute atomic E-state index is 0.210. The van der Waals surface area contributed by atoms with E-state index in [-0.39, 0.29) is 11.6 Å². The third kappa shape index (κ3) is 6.07. The maximum atomic E-state index is 15.2. The molecule has 4 rings (SSSR count). The van der Waals surface area contributed by atoms with Crippen molar-refractivity contribution in [2.45, 2.75) is 52.6 Å². The van der Waals surface area contributed by atoms with Crippen LogP contribution in [0.5, 0.6) is 0 Å². The number of unbranched alkanes of at least 4 members (excludes halogenated alkanes) is 2. The van der Waals surface area contributed by atoms with Gasteiger partial charge < -0.3 is 10.2 Å². The van der Waals surface area contributed by atoms with E-state index in [2.05, 4.69) is 9.98 Å². The van der Waals surface area contributed by atoms with E-state index in [0.29, 0.717) is 25.9 Å². The lowest BCUT2D eigenvalue weighted by Crippen LogP contribution is -2.40. The van der Waals surface area contributed by atoms with Crippen molar-refractivity contribution in [2.75, 3.05) is 0 Å². The molecule has 246 valence electrons. The van der Waals surface area contributed by atoms with Gasteiger partial charge in [-0.25, -0.2) is 63.4 Å². The summed E-state index contributed by atoms with van der Waals surface area (Å²) in [5, 5.41) is 25.6. The van der Waals surface area contributed by atoms with Gasteiger partial charge >= 0.3 is 0 Å². The van der Waals surface area contributed by atoms with Crippen LogP contribution in [0.1, 0.15) is 51.2 Å². The molecule has 16 heteroatoms. The molecule has 2 heterocycles. The van der Waals surface area contributed by atoms with Crippen LogP contribution in [0.2, 0.25) is 0 Å². The number of aliphatic imine (C=N–C) groups is 2. The summed E-state index contributed by atoms with van der Waals surface area (Å²) in [6, 6.07) is 0. The number of aryl methyl sites for hydroxylation is 4. The third-order valence-corrected chi connectivity index (χ3v) is 7.20. The summed E-state index contributed by atoms with van der Waals surface area (Å²) in [5.74, 6) is -22.5. The second-order valence-electron chi connectivity index (χ2n) is 10.4. The van der Waals surface area contributed by atoms with E-state index in [1.165, 1.54) is 57.2 Å². The molecular weight excluding hydrogens is 628 g/mol. The smallest absolute Gasteiger partial charge is 0.292 e. The minimum Gasteiger partial charge on any atom is -0.853 e. The average molecular weight is 657 g/mol. The predicted octanol–water partition coefficient (Wildman–Crippen LogP) is 4.20. The van der Waals surface area contributed by atoms with Crippen molar-refractivity contribution in [3.63, 3.8) is 0 Å². The zero-order valence-corrected chi connectivity index (χ0v) is 25.1. The molecule has 2 aromatic carbocycles. The second-order valence-corrected chi connectivity index (χ2v) is 10.4. The Morgan fingerprint density at radius 3 is 1.17 bits per heavy atom. The van der Waals surface area contributed by atoms with Gasteiger partial charge in [-0.3, -0.25) is 0 Å². The zero-order valence-electron chi connectivity index (χ0n) is 25.1. The molecule has 2 aromatic heterocycles. The van der Waals surface area contributed by atoms with Crippen molar-refractivity contribution in [3.8, 4) is 11.1 Å². The van der Waals surface area contributed by atoms with Gasteiger partial charge in [0.1, 0.15) is 36.2 Å². The van der Waals surface area contributed by atoms with Gasteiger partial charge in [0.15, 0.2) is 46.5 Å². The van der Waals surface area contributed by atoms with Crippen LogP contribution >= 0.6 is 0 Å². The first-order valence-corrected chi connectivity index (χ1v) is 14.1. The van der Waals surface area contributed by atoms with Crippen LogP contribution in [-0.2, 0) is 27.2 Å². The fourth-order valence-corrected chi connectivity index (χ4v) is 4.79. The van der Waals surface area contributed by atoms with Crippen molar-refractivity contribution in [2.24, 2.45) is 24.1 Å². The summed E-state index contributed by atoms with van der Waals surface area (Å²) in [4.78, 5) is 6.34. The van der Waals surface area contributed by atoms with Crippen molar-refractivity contribution >= 4 is 23.2 Å². The first kappa shape index (κ1) is 34.1. The van der Waals surface area contributed by atoms with E-state index < -0.39 is 80.8 Å². The maximum absolute atomic E-state index is 15.2. The fraction of sp³-hybridized carbons (Fsp3) is 0.333. The number of rotatable bonds is 11. The van der Waals surface area contributed by atoms with Crippen LogP contribution in [0.25, 0.3) is 11.1 Å². The van der Waals surface area contributed by atoms with Crippen LogP contribution in [-0.4, -0.2) is 20.9 Å². The lowest BCUT2D eigenvalue weighted by molar-refractivity contribution is -0.674. The number of hydrogen-bond donors (Lipinski definition) is 0. The Kier molecular flexibility index (Phi) is 10.2. The molecule has 0 radical (unpaired) electrons. The first-order chi connectivity index (χ1) is 21.8. The highest BCUT2D eigenvalue weighted by Crippen LogP contribution is 2.41. The predicted molar refractivity (Wildman–Crippen MR) is 145 cm³/mol. The molecule has 0 atom stereocenters. The summed E-state index contributed by atoms with van der Waals surface area (Å²) in [7, 11) is 2.81. The van der Waals surface area contributed by atoms with Gasteiger partial charge in [-0.05, 0) is 12.8 Å². The van der Waals surface area contributed by atoms with Crippen molar-refractivity contribution in [3.05, 3.63) is 83.0 Å². The summed E-state index contributed by atoms with van der Waals surface area (Å²) in [5.41, 5.74) is -7.84. The highest BCUT2D eigenvalue weighted by Gasteiger charge is 2.34. The van der Waals surface area contributed by atoms with Crippen molar-refractivity contribution in [1.82, 2.24) is 9.13 Å². The van der Waals surface area contributed by atoms with Crippen LogP contribution in [0.15, 0.2) is 34.8 Å². The van der Waals surface area contributed by atoms with Gasteiger partial charge in [-0.2, -0.15) is 0 Å². The molecule has 4 aromatic rings. The van der Waals surface area contributed by atoms with Gasteiger partial charge in [0.2, 0.25) is 0 Å². The van der Waals surface area contributed by atoms with Gasteiger partial charge in [0, 0.05) is 0 Å². The number of halogens is 8.